The molecule has 1 saturated heterocycles. The molecule has 1 aliphatic heterocycles. The fraction of sp³-hybridized carbons (Fsp3) is 0.588. The lowest BCUT2D eigenvalue weighted by Gasteiger charge is -2.24. The Morgan fingerprint density at radius 3 is 2.92 bits per heavy atom. The van der Waals surface area contributed by atoms with E-state index in [0.717, 1.165) is 38.8 Å². The van der Waals surface area contributed by atoms with E-state index < -0.39 is 0 Å². The van der Waals surface area contributed by atoms with Gasteiger partial charge in [0, 0.05) is 25.7 Å². The Kier molecular flexibility index (Phi) is 5.81. The van der Waals surface area contributed by atoms with Gasteiger partial charge in [-0.25, -0.2) is 0 Å². The van der Waals surface area contributed by atoms with Crippen LogP contribution in [0.4, 0.5) is 5.69 Å². The summed E-state index contributed by atoms with van der Waals surface area (Å²) in [4.78, 5) is 12.6. The van der Waals surface area contributed by atoms with E-state index in [4.69, 9.17) is 26.8 Å². The summed E-state index contributed by atoms with van der Waals surface area (Å²) in [5.74, 6) is 0.281. The van der Waals surface area contributed by atoms with Crippen molar-refractivity contribution >= 4 is 23.2 Å². The predicted octanol–water partition coefficient (Wildman–Crippen LogP) is 1.96. The molecule has 6 nitrogen and oxygen atoms in total. The normalized spacial score (nSPS) is 21.6. The number of rotatable bonds is 5. The molecule has 4 N–H and O–H groups in total. The molecule has 0 radical (unpaired) electrons. The second-order valence-corrected chi connectivity index (χ2v) is 6.71. The molecule has 24 heavy (non-hydrogen) atoms. The van der Waals surface area contributed by atoms with Crippen molar-refractivity contribution in [3.8, 4) is 5.75 Å². The SMILES string of the molecule is Nc1cc(OC2CCCC2)c(C(=O)NCC2CNCCO2)cc1Cl. The standard InChI is InChI=1S/C17H24ClN3O3/c18-14-7-13(17(22)21-10-12-9-20-5-6-23-12)16(8-15(14)19)24-11-3-1-2-4-11/h7-8,11-12,20H,1-6,9-10,19H2,(H,21,22). The Hall–Kier alpha value is -1.50. The number of benzene rings is 1. The van der Waals surface area contributed by atoms with Gasteiger partial charge in [0.1, 0.15) is 5.75 Å². The van der Waals surface area contributed by atoms with Gasteiger partial charge in [0.25, 0.3) is 5.91 Å². The highest BCUT2D eigenvalue weighted by molar-refractivity contribution is 6.33. The molecule has 1 amide bonds. The lowest BCUT2D eigenvalue weighted by atomic mass is 10.1. The van der Waals surface area contributed by atoms with Crippen LogP contribution in [0, 0.1) is 0 Å². The van der Waals surface area contributed by atoms with Crippen LogP contribution in [0.15, 0.2) is 12.1 Å². The molecule has 1 aromatic rings. The summed E-state index contributed by atoms with van der Waals surface area (Å²) in [6.07, 6.45) is 4.44. The third-order valence-corrected chi connectivity index (χ3v) is 4.76. The van der Waals surface area contributed by atoms with Gasteiger partial charge in [-0.05, 0) is 31.7 Å². The zero-order valence-corrected chi connectivity index (χ0v) is 14.4. The molecule has 1 aromatic carbocycles. The van der Waals surface area contributed by atoms with Crippen molar-refractivity contribution in [3.05, 3.63) is 22.7 Å². The summed E-state index contributed by atoms with van der Waals surface area (Å²) >= 11 is 6.10. The van der Waals surface area contributed by atoms with Crippen LogP contribution >= 0.6 is 11.6 Å². The number of nitrogen functional groups attached to an aromatic ring is 1. The van der Waals surface area contributed by atoms with Crippen LogP contribution in [0.5, 0.6) is 5.75 Å². The summed E-state index contributed by atoms with van der Waals surface area (Å²) in [6.45, 7) is 2.67. The zero-order valence-electron chi connectivity index (χ0n) is 13.6. The van der Waals surface area contributed by atoms with Crippen LogP contribution in [-0.2, 0) is 4.74 Å². The van der Waals surface area contributed by atoms with Crippen LogP contribution < -0.4 is 21.1 Å². The van der Waals surface area contributed by atoms with Gasteiger partial charge in [-0.3, -0.25) is 4.79 Å². The Bertz CT molecular complexity index is 585. The van der Waals surface area contributed by atoms with Crippen molar-refractivity contribution in [1.29, 1.82) is 0 Å². The summed E-state index contributed by atoms with van der Waals surface area (Å²) < 4.78 is 11.6. The molecule has 0 aromatic heterocycles. The average molecular weight is 354 g/mol. The third kappa shape index (κ3) is 4.32. The largest absolute Gasteiger partial charge is 0.490 e. The Balaban J connectivity index is 1.69. The molecular weight excluding hydrogens is 330 g/mol. The van der Waals surface area contributed by atoms with E-state index in [1.54, 1.807) is 12.1 Å². The molecule has 1 saturated carbocycles. The lowest BCUT2D eigenvalue weighted by Crippen LogP contribution is -2.45. The highest BCUT2D eigenvalue weighted by Crippen LogP contribution is 2.32. The first-order valence-corrected chi connectivity index (χ1v) is 8.87. The molecule has 1 unspecified atom stereocenters. The maximum atomic E-state index is 12.6. The van der Waals surface area contributed by atoms with E-state index in [2.05, 4.69) is 10.6 Å². The van der Waals surface area contributed by atoms with Crippen LogP contribution in [0.25, 0.3) is 0 Å². The van der Waals surface area contributed by atoms with Crippen LogP contribution in [0.1, 0.15) is 36.0 Å². The first-order valence-electron chi connectivity index (χ1n) is 8.49. The van der Waals surface area contributed by atoms with E-state index in [1.165, 1.54) is 0 Å². The number of carbonyl (C=O) groups excluding carboxylic acids is 1. The van der Waals surface area contributed by atoms with Crippen LogP contribution in [0.3, 0.4) is 0 Å². The number of nitrogens with one attached hydrogen (secondary N) is 2. The van der Waals surface area contributed by atoms with Crippen molar-refractivity contribution in [2.75, 3.05) is 32.0 Å². The maximum Gasteiger partial charge on any atom is 0.255 e. The molecule has 1 aliphatic carbocycles. The van der Waals surface area contributed by atoms with Crippen LogP contribution in [0.2, 0.25) is 5.02 Å². The first-order chi connectivity index (χ1) is 11.6. The minimum atomic E-state index is -0.223. The fourth-order valence-corrected chi connectivity index (χ4v) is 3.25. The number of carbonyl (C=O) groups is 1. The average Bonchev–Trinajstić information content (AvgIpc) is 3.10. The molecule has 1 heterocycles. The van der Waals surface area contributed by atoms with Gasteiger partial charge in [-0.1, -0.05) is 11.6 Å². The van der Waals surface area contributed by atoms with Gasteiger partial charge in [-0.2, -0.15) is 0 Å². The Morgan fingerprint density at radius 2 is 2.21 bits per heavy atom. The molecule has 0 bridgehead atoms. The number of ether oxygens (including phenoxy) is 2. The number of hydrogen-bond donors (Lipinski definition) is 3. The monoisotopic (exact) mass is 353 g/mol. The number of nitrogens with two attached hydrogens (primary N) is 1. The molecular formula is C17H24ClN3O3. The van der Waals surface area contributed by atoms with Gasteiger partial charge < -0.3 is 25.8 Å². The molecule has 132 valence electrons. The smallest absolute Gasteiger partial charge is 0.255 e. The lowest BCUT2D eigenvalue weighted by molar-refractivity contribution is 0.0286. The van der Waals surface area contributed by atoms with Gasteiger partial charge in [0.15, 0.2) is 0 Å². The van der Waals surface area contributed by atoms with E-state index in [0.29, 0.717) is 35.2 Å². The summed E-state index contributed by atoms with van der Waals surface area (Å²) in [5.41, 5.74) is 6.72. The second kappa shape index (κ2) is 8.05. The number of anilines is 1. The summed E-state index contributed by atoms with van der Waals surface area (Å²) in [7, 11) is 0. The molecule has 2 aliphatic rings. The quantitative estimate of drug-likeness (QED) is 0.704. The molecule has 0 spiro atoms. The highest BCUT2D eigenvalue weighted by Gasteiger charge is 2.22. The highest BCUT2D eigenvalue weighted by atomic mass is 35.5. The Labute approximate surface area is 147 Å². The molecule has 1 atom stereocenters. The van der Waals surface area contributed by atoms with E-state index in [9.17, 15) is 4.79 Å². The van der Waals surface area contributed by atoms with Crippen molar-refractivity contribution in [2.24, 2.45) is 0 Å². The summed E-state index contributed by atoms with van der Waals surface area (Å²) in [6, 6.07) is 3.23. The minimum absolute atomic E-state index is 0.0221. The number of morpholine rings is 1. The molecule has 3 rings (SSSR count). The van der Waals surface area contributed by atoms with Crippen molar-refractivity contribution < 1.29 is 14.3 Å². The number of amides is 1. The third-order valence-electron chi connectivity index (χ3n) is 4.43. The minimum Gasteiger partial charge on any atom is -0.490 e. The van der Waals surface area contributed by atoms with Crippen molar-refractivity contribution in [1.82, 2.24) is 10.6 Å². The topological polar surface area (TPSA) is 85.6 Å². The zero-order chi connectivity index (χ0) is 16.9. The van der Waals surface area contributed by atoms with E-state index >= 15 is 0 Å². The number of hydrogen-bond acceptors (Lipinski definition) is 5. The predicted molar refractivity (Wildman–Crippen MR) is 93.7 cm³/mol. The van der Waals surface area contributed by atoms with Gasteiger partial charge in [0.05, 0.1) is 35.1 Å². The van der Waals surface area contributed by atoms with E-state index in [1.807, 2.05) is 0 Å². The number of halogens is 1. The first kappa shape index (κ1) is 17.3. The maximum absolute atomic E-state index is 12.6. The summed E-state index contributed by atoms with van der Waals surface area (Å²) in [5, 5.41) is 6.49. The molecule has 2 fully saturated rings. The van der Waals surface area contributed by atoms with Gasteiger partial charge in [0.2, 0.25) is 0 Å². The van der Waals surface area contributed by atoms with E-state index in [-0.39, 0.29) is 18.1 Å². The fourth-order valence-electron chi connectivity index (χ4n) is 3.08. The second-order valence-electron chi connectivity index (χ2n) is 6.30. The van der Waals surface area contributed by atoms with Gasteiger partial charge in [-0.15, -0.1) is 0 Å². The van der Waals surface area contributed by atoms with Crippen LogP contribution in [-0.4, -0.2) is 44.4 Å². The van der Waals surface area contributed by atoms with Gasteiger partial charge >= 0.3 is 0 Å². The molecule has 7 heteroatoms. The Morgan fingerprint density at radius 1 is 1.42 bits per heavy atom. The van der Waals surface area contributed by atoms with Crippen molar-refractivity contribution in [3.63, 3.8) is 0 Å². The van der Waals surface area contributed by atoms with Crippen molar-refractivity contribution in [2.45, 2.75) is 37.9 Å².